The zero-order valence-corrected chi connectivity index (χ0v) is 11.5. The van der Waals surface area contributed by atoms with Gasteiger partial charge < -0.3 is 15.5 Å². The van der Waals surface area contributed by atoms with E-state index in [-0.39, 0.29) is 11.9 Å². The first-order valence-electron chi connectivity index (χ1n) is 6.94. The molecule has 1 aliphatic rings. The molecule has 2 heterocycles. The molecule has 0 aliphatic carbocycles. The topological polar surface area (TPSA) is 68.3 Å². The summed E-state index contributed by atoms with van der Waals surface area (Å²) in [4.78, 5) is 11.9. The van der Waals surface area contributed by atoms with E-state index in [1.165, 1.54) is 0 Å². The van der Waals surface area contributed by atoms with Gasteiger partial charge in [0.05, 0.1) is 6.04 Å². The molecule has 1 aliphatic heterocycles. The summed E-state index contributed by atoms with van der Waals surface area (Å²) in [5.41, 5.74) is 8.95. The molecular formula is C16H18N2O2. The van der Waals surface area contributed by atoms with Gasteiger partial charge in [-0.25, -0.2) is 0 Å². The molecule has 0 saturated carbocycles. The van der Waals surface area contributed by atoms with E-state index < -0.39 is 0 Å². The summed E-state index contributed by atoms with van der Waals surface area (Å²) in [6.45, 7) is 2.74. The van der Waals surface area contributed by atoms with E-state index in [4.69, 9.17) is 10.2 Å². The third kappa shape index (κ3) is 2.23. The lowest BCUT2D eigenvalue weighted by Gasteiger charge is -2.18. The summed E-state index contributed by atoms with van der Waals surface area (Å²) in [5.74, 6) is 1.64. The van der Waals surface area contributed by atoms with Crippen LogP contribution < -0.4 is 11.1 Å². The van der Waals surface area contributed by atoms with E-state index in [1.807, 2.05) is 37.3 Å². The molecule has 1 aromatic heterocycles. The average Bonchev–Trinajstić information content (AvgIpc) is 2.95. The standard InChI is InChI=1S/C16H18N2O2/c1-2-12-5-6-14(20-12)15(17)11-4-3-10-7-8-18-16(19)13(10)9-11/h3-6,9,15H,2,7-8,17H2,1H3,(H,18,19). The lowest BCUT2D eigenvalue weighted by Crippen LogP contribution is -2.32. The van der Waals surface area contributed by atoms with Crippen molar-refractivity contribution in [2.45, 2.75) is 25.8 Å². The molecule has 20 heavy (non-hydrogen) atoms. The van der Waals surface area contributed by atoms with Crippen LogP contribution >= 0.6 is 0 Å². The van der Waals surface area contributed by atoms with Crippen LogP contribution in [0.5, 0.6) is 0 Å². The van der Waals surface area contributed by atoms with Crippen molar-refractivity contribution in [2.75, 3.05) is 6.54 Å². The van der Waals surface area contributed by atoms with Crippen LogP contribution in [-0.4, -0.2) is 12.5 Å². The van der Waals surface area contributed by atoms with Crippen LogP contribution in [0.1, 0.15) is 46.0 Å². The molecule has 1 aromatic carbocycles. The van der Waals surface area contributed by atoms with Gasteiger partial charge in [-0.15, -0.1) is 0 Å². The summed E-state index contributed by atoms with van der Waals surface area (Å²) >= 11 is 0. The Morgan fingerprint density at radius 3 is 2.95 bits per heavy atom. The molecule has 1 unspecified atom stereocenters. The molecule has 104 valence electrons. The predicted octanol–water partition coefficient (Wildman–Crippen LogP) is 2.18. The second-order valence-electron chi connectivity index (χ2n) is 5.06. The first-order valence-corrected chi connectivity index (χ1v) is 6.94. The van der Waals surface area contributed by atoms with Gasteiger partial charge >= 0.3 is 0 Å². The Morgan fingerprint density at radius 1 is 1.35 bits per heavy atom. The number of furan rings is 1. The minimum Gasteiger partial charge on any atom is -0.464 e. The molecule has 1 amide bonds. The highest BCUT2D eigenvalue weighted by Gasteiger charge is 2.20. The van der Waals surface area contributed by atoms with E-state index in [0.717, 1.165) is 41.1 Å². The van der Waals surface area contributed by atoms with Gasteiger partial charge in [0.1, 0.15) is 11.5 Å². The van der Waals surface area contributed by atoms with Crippen molar-refractivity contribution < 1.29 is 9.21 Å². The fourth-order valence-electron chi connectivity index (χ4n) is 2.54. The smallest absolute Gasteiger partial charge is 0.251 e. The summed E-state index contributed by atoms with van der Waals surface area (Å²) in [7, 11) is 0. The van der Waals surface area contributed by atoms with Crippen molar-refractivity contribution in [3.8, 4) is 0 Å². The summed E-state index contributed by atoms with van der Waals surface area (Å²) in [6, 6.07) is 9.37. The van der Waals surface area contributed by atoms with Crippen LogP contribution in [0.2, 0.25) is 0 Å². The maximum atomic E-state index is 11.9. The zero-order chi connectivity index (χ0) is 14.1. The van der Waals surface area contributed by atoms with Gasteiger partial charge in [-0.1, -0.05) is 19.1 Å². The fraction of sp³-hybridized carbons (Fsp3) is 0.312. The molecule has 1 atom stereocenters. The van der Waals surface area contributed by atoms with Crippen molar-refractivity contribution in [3.05, 3.63) is 58.5 Å². The SMILES string of the molecule is CCc1ccc(C(N)c2ccc3c(c2)C(=O)NCC3)o1. The Morgan fingerprint density at radius 2 is 2.20 bits per heavy atom. The largest absolute Gasteiger partial charge is 0.464 e. The molecule has 0 saturated heterocycles. The molecule has 0 bridgehead atoms. The number of rotatable bonds is 3. The summed E-state index contributed by atoms with van der Waals surface area (Å²) < 4.78 is 5.69. The predicted molar refractivity (Wildman–Crippen MR) is 76.6 cm³/mol. The highest BCUT2D eigenvalue weighted by molar-refractivity contribution is 5.96. The van der Waals surface area contributed by atoms with E-state index in [1.54, 1.807) is 0 Å². The van der Waals surface area contributed by atoms with Gasteiger partial charge in [0.25, 0.3) is 5.91 Å². The highest BCUT2D eigenvalue weighted by Crippen LogP contribution is 2.25. The maximum absolute atomic E-state index is 11.9. The number of carbonyl (C=O) groups excluding carboxylic acids is 1. The Hall–Kier alpha value is -2.07. The number of benzene rings is 1. The van der Waals surface area contributed by atoms with Crippen LogP contribution in [-0.2, 0) is 12.8 Å². The summed E-state index contributed by atoms with van der Waals surface area (Å²) in [5, 5.41) is 2.85. The molecule has 0 radical (unpaired) electrons. The Labute approximate surface area is 118 Å². The van der Waals surface area contributed by atoms with Crippen LogP contribution in [0.15, 0.2) is 34.7 Å². The Kier molecular flexibility index (Phi) is 3.32. The van der Waals surface area contributed by atoms with Crippen molar-refractivity contribution in [1.29, 1.82) is 0 Å². The zero-order valence-electron chi connectivity index (χ0n) is 11.5. The average molecular weight is 270 g/mol. The normalized spacial score (nSPS) is 15.6. The maximum Gasteiger partial charge on any atom is 0.251 e. The van der Waals surface area contributed by atoms with E-state index in [0.29, 0.717) is 6.54 Å². The third-order valence-corrected chi connectivity index (χ3v) is 3.75. The first-order chi connectivity index (χ1) is 9.69. The molecule has 4 nitrogen and oxygen atoms in total. The minimum absolute atomic E-state index is 0.0195. The summed E-state index contributed by atoms with van der Waals surface area (Å²) in [6.07, 6.45) is 1.72. The third-order valence-electron chi connectivity index (χ3n) is 3.75. The quantitative estimate of drug-likeness (QED) is 0.898. The number of amides is 1. The van der Waals surface area contributed by atoms with Gasteiger partial charge in [-0.05, 0) is 35.7 Å². The monoisotopic (exact) mass is 270 g/mol. The molecule has 4 heteroatoms. The van der Waals surface area contributed by atoms with Gasteiger partial charge in [0.2, 0.25) is 0 Å². The number of fused-ring (bicyclic) bond motifs is 1. The highest BCUT2D eigenvalue weighted by atomic mass is 16.3. The van der Waals surface area contributed by atoms with Gasteiger partial charge in [0.15, 0.2) is 0 Å². The second-order valence-corrected chi connectivity index (χ2v) is 5.06. The van der Waals surface area contributed by atoms with Crippen molar-refractivity contribution in [1.82, 2.24) is 5.32 Å². The van der Waals surface area contributed by atoms with Crippen LogP contribution in [0.25, 0.3) is 0 Å². The number of hydrogen-bond acceptors (Lipinski definition) is 3. The molecule has 2 aromatic rings. The van der Waals surface area contributed by atoms with Gasteiger partial charge in [0, 0.05) is 18.5 Å². The van der Waals surface area contributed by atoms with Crippen LogP contribution in [0, 0.1) is 0 Å². The Balaban J connectivity index is 1.93. The van der Waals surface area contributed by atoms with E-state index in [9.17, 15) is 4.79 Å². The minimum atomic E-state index is -0.338. The number of nitrogens with one attached hydrogen (secondary N) is 1. The molecular weight excluding hydrogens is 252 g/mol. The van der Waals surface area contributed by atoms with Gasteiger partial charge in [-0.2, -0.15) is 0 Å². The van der Waals surface area contributed by atoms with Crippen molar-refractivity contribution >= 4 is 5.91 Å². The fourth-order valence-corrected chi connectivity index (χ4v) is 2.54. The van der Waals surface area contributed by atoms with Crippen LogP contribution in [0.4, 0.5) is 0 Å². The van der Waals surface area contributed by atoms with Crippen molar-refractivity contribution in [2.24, 2.45) is 5.73 Å². The molecule has 0 spiro atoms. The molecule has 0 fully saturated rings. The number of nitrogens with two attached hydrogens (primary N) is 1. The lowest BCUT2D eigenvalue weighted by molar-refractivity contribution is 0.0946. The van der Waals surface area contributed by atoms with E-state index >= 15 is 0 Å². The van der Waals surface area contributed by atoms with Crippen LogP contribution in [0.3, 0.4) is 0 Å². The first kappa shape index (κ1) is 12.9. The van der Waals surface area contributed by atoms with Gasteiger partial charge in [-0.3, -0.25) is 4.79 Å². The number of hydrogen-bond donors (Lipinski definition) is 2. The second kappa shape index (κ2) is 5.13. The molecule has 3 N–H and O–H groups in total. The molecule has 3 rings (SSSR count). The van der Waals surface area contributed by atoms with E-state index in [2.05, 4.69) is 5.32 Å². The number of aryl methyl sites for hydroxylation is 1. The van der Waals surface area contributed by atoms with Crippen molar-refractivity contribution in [3.63, 3.8) is 0 Å². The Bertz CT molecular complexity index is 646. The lowest BCUT2D eigenvalue weighted by atomic mass is 9.95. The number of carbonyl (C=O) groups is 1.